The van der Waals surface area contributed by atoms with Crippen LogP contribution in [0.5, 0.6) is 0 Å². The minimum Gasteiger partial charge on any atom is -0.387 e. The number of hydrogen-bond donors (Lipinski definition) is 2. The molecule has 3 aromatic rings. The van der Waals surface area contributed by atoms with Crippen LogP contribution in [0.25, 0.3) is 11.3 Å². The van der Waals surface area contributed by atoms with Gasteiger partial charge in [-0.15, -0.1) is 0 Å². The van der Waals surface area contributed by atoms with Crippen LogP contribution in [0, 0.1) is 0 Å². The van der Waals surface area contributed by atoms with E-state index in [1.807, 2.05) is 30.3 Å². The summed E-state index contributed by atoms with van der Waals surface area (Å²) in [5, 5.41) is 13.6. The van der Waals surface area contributed by atoms with E-state index in [0.717, 1.165) is 35.9 Å². The van der Waals surface area contributed by atoms with Crippen molar-refractivity contribution in [2.75, 3.05) is 20.3 Å². The monoisotopic (exact) mass is 498 g/mol. The topological polar surface area (TPSA) is 54.4 Å². The van der Waals surface area contributed by atoms with E-state index in [1.54, 1.807) is 0 Å². The molecule has 0 fully saturated rings. The van der Waals surface area contributed by atoms with E-state index in [0.29, 0.717) is 6.42 Å². The van der Waals surface area contributed by atoms with Crippen LogP contribution in [0.15, 0.2) is 66.7 Å². The van der Waals surface area contributed by atoms with Crippen molar-refractivity contribution in [2.24, 2.45) is 0 Å². The van der Waals surface area contributed by atoms with Crippen LogP contribution in [-0.2, 0) is 23.5 Å². The lowest BCUT2D eigenvalue weighted by atomic mass is 10.0. The molecule has 10 heteroatoms. The van der Waals surface area contributed by atoms with E-state index < -0.39 is 35.3 Å². The van der Waals surface area contributed by atoms with Gasteiger partial charge in [0.05, 0.1) is 24.0 Å². The SMILES string of the molecule is COCC(Cc1ccccc1)NCC(O)c1ccc(-c2ccc(C(F)(F)F)cc2)nc1C(F)(F)F. The third-order valence-corrected chi connectivity index (χ3v) is 5.35. The zero-order valence-corrected chi connectivity index (χ0v) is 18.7. The fourth-order valence-electron chi connectivity index (χ4n) is 3.63. The lowest BCUT2D eigenvalue weighted by molar-refractivity contribution is -0.142. The van der Waals surface area contributed by atoms with Gasteiger partial charge >= 0.3 is 12.4 Å². The molecule has 188 valence electrons. The summed E-state index contributed by atoms with van der Waals surface area (Å²) in [6.07, 6.45) is -10.4. The molecule has 35 heavy (non-hydrogen) atoms. The second-order valence-electron chi connectivity index (χ2n) is 7.97. The van der Waals surface area contributed by atoms with E-state index >= 15 is 0 Å². The number of aliphatic hydroxyl groups is 1. The highest BCUT2D eigenvalue weighted by Crippen LogP contribution is 2.36. The van der Waals surface area contributed by atoms with Gasteiger partial charge in [-0.25, -0.2) is 4.98 Å². The Bertz CT molecular complexity index is 1090. The summed E-state index contributed by atoms with van der Waals surface area (Å²) >= 11 is 0. The van der Waals surface area contributed by atoms with Crippen molar-refractivity contribution in [3.8, 4) is 11.3 Å². The molecule has 2 atom stereocenters. The standard InChI is InChI=1S/C25H24F6N2O2/c1-35-15-19(13-16-5-3-2-4-6-16)32-14-22(34)20-11-12-21(33-23(20)25(29,30)31)17-7-9-18(10-8-17)24(26,27)28/h2-12,19,22,32,34H,13-15H2,1H3. The van der Waals surface area contributed by atoms with Crippen molar-refractivity contribution >= 4 is 0 Å². The summed E-state index contributed by atoms with van der Waals surface area (Å²) in [5.41, 5.74) is -1.72. The number of methoxy groups -OCH3 is 1. The Labute approximate surface area is 198 Å². The summed E-state index contributed by atoms with van der Waals surface area (Å²) in [5.74, 6) is 0. The van der Waals surface area contributed by atoms with Gasteiger partial charge in [-0.3, -0.25) is 0 Å². The molecule has 1 aromatic heterocycles. The highest BCUT2D eigenvalue weighted by molar-refractivity contribution is 5.60. The number of aromatic nitrogens is 1. The van der Waals surface area contributed by atoms with Gasteiger partial charge in [-0.2, -0.15) is 26.3 Å². The molecule has 0 aliphatic carbocycles. The molecule has 2 unspecified atom stereocenters. The molecule has 3 rings (SSSR count). The molecular formula is C25H24F6N2O2. The molecule has 1 heterocycles. The number of halogens is 6. The van der Waals surface area contributed by atoms with Crippen molar-refractivity contribution < 1.29 is 36.2 Å². The smallest absolute Gasteiger partial charge is 0.387 e. The normalized spacial score (nSPS) is 14.1. The Morgan fingerprint density at radius 3 is 2.11 bits per heavy atom. The molecule has 0 radical (unpaired) electrons. The third kappa shape index (κ3) is 7.27. The number of aliphatic hydroxyl groups excluding tert-OH is 1. The average molecular weight is 498 g/mol. The fourth-order valence-corrected chi connectivity index (χ4v) is 3.63. The number of ether oxygens (including phenoxy) is 1. The van der Waals surface area contributed by atoms with Gasteiger partial charge in [-0.1, -0.05) is 48.5 Å². The van der Waals surface area contributed by atoms with E-state index in [2.05, 4.69) is 10.3 Å². The Morgan fingerprint density at radius 2 is 1.54 bits per heavy atom. The zero-order chi connectivity index (χ0) is 25.6. The van der Waals surface area contributed by atoms with Gasteiger partial charge in [0.25, 0.3) is 0 Å². The Morgan fingerprint density at radius 1 is 0.886 bits per heavy atom. The van der Waals surface area contributed by atoms with Gasteiger partial charge in [0.2, 0.25) is 0 Å². The minimum atomic E-state index is -4.88. The lowest BCUT2D eigenvalue weighted by Crippen LogP contribution is -2.38. The first kappa shape index (κ1) is 26.7. The van der Waals surface area contributed by atoms with Crippen molar-refractivity contribution in [1.29, 1.82) is 0 Å². The molecule has 0 aliphatic rings. The van der Waals surface area contributed by atoms with Crippen LogP contribution in [0.3, 0.4) is 0 Å². The molecule has 2 aromatic carbocycles. The summed E-state index contributed by atoms with van der Waals surface area (Å²) in [4.78, 5) is 3.64. The maximum absolute atomic E-state index is 13.8. The molecule has 0 amide bonds. The Kier molecular flexibility index (Phi) is 8.52. The highest BCUT2D eigenvalue weighted by Gasteiger charge is 2.37. The molecule has 0 spiro atoms. The molecule has 0 bridgehead atoms. The number of nitrogens with zero attached hydrogens (tertiary/aromatic N) is 1. The van der Waals surface area contributed by atoms with E-state index in [1.165, 1.54) is 13.2 Å². The van der Waals surface area contributed by atoms with E-state index in [9.17, 15) is 31.4 Å². The number of rotatable bonds is 9. The maximum Gasteiger partial charge on any atom is 0.433 e. The average Bonchev–Trinajstić information content (AvgIpc) is 2.82. The first-order chi connectivity index (χ1) is 16.5. The molecule has 0 saturated heterocycles. The summed E-state index contributed by atoms with van der Waals surface area (Å²) in [7, 11) is 1.50. The van der Waals surface area contributed by atoms with Crippen LogP contribution in [-0.4, -0.2) is 36.4 Å². The van der Waals surface area contributed by atoms with Gasteiger partial charge in [0.15, 0.2) is 5.69 Å². The van der Waals surface area contributed by atoms with Crippen LogP contribution < -0.4 is 5.32 Å². The largest absolute Gasteiger partial charge is 0.433 e. The first-order valence-electron chi connectivity index (χ1n) is 10.7. The minimum absolute atomic E-state index is 0.0886. The molecular weight excluding hydrogens is 474 g/mol. The van der Waals surface area contributed by atoms with Gasteiger partial charge < -0.3 is 15.2 Å². The van der Waals surface area contributed by atoms with Crippen LogP contribution >= 0.6 is 0 Å². The van der Waals surface area contributed by atoms with E-state index in [-0.39, 0.29) is 30.5 Å². The third-order valence-electron chi connectivity index (χ3n) is 5.35. The van der Waals surface area contributed by atoms with Gasteiger partial charge in [0.1, 0.15) is 0 Å². The van der Waals surface area contributed by atoms with Gasteiger partial charge in [-0.05, 0) is 30.2 Å². The van der Waals surface area contributed by atoms with Crippen molar-refractivity contribution in [1.82, 2.24) is 10.3 Å². The highest BCUT2D eigenvalue weighted by atomic mass is 19.4. The summed E-state index contributed by atoms with van der Waals surface area (Å²) in [6.45, 7) is 0.0874. The maximum atomic E-state index is 13.8. The summed E-state index contributed by atoms with van der Waals surface area (Å²) < 4.78 is 84.8. The summed E-state index contributed by atoms with van der Waals surface area (Å²) in [6, 6.07) is 15.2. The number of pyridine rings is 1. The quantitative estimate of drug-likeness (QED) is 0.374. The fraction of sp³-hybridized carbons (Fsp3) is 0.320. The molecule has 0 aliphatic heterocycles. The molecule has 2 N–H and O–H groups in total. The number of hydrogen-bond acceptors (Lipinski definition) is 4. The van der Waals surface area contributed by atoms with Crippen LogP contribution in [0.4, 0.5) is 26.3 Å². The second-order valence-corrected chi connectivity index (χ2v) is 7.97. The predicted molar refractivity (Wildman–Crippen MR) is 118 cm³/mol. The van der Waals surface area contributed by atoms with Crippen molar-refractivity contribution in [3.63, 3.8) is 0 Å². The number of nitrogens with one attached hydrogen (secondary N) is 1. The van der Waals surface area contributed by atoms with Crippen LogP contribution in [0.2, 0.25) is 0 Å². The van der Waals surface area contributed by atoms with E-state index in [4.69, 9.17) is 4.74 Å². The molecule has 4 nitrogen and oxygen atoms in total. The Hall–Kier alpha value is -2.95. The van der Waals surface area contributed by atoms with Crippen LogP contribution in [0.1, 0.15) is 28.5 Å². The number of benzene rings is 2. The predicted octanol–water partition coefficient (Wildman–Crippen LogP) is 5.67. The Balaban J connectivity index is 1.80. The van der Waals surface area contributed by atoms with Gasteiger partial charge in [0, 0.05) is 30.8 Å². The van der Waals surface area contributed by atoms with Crippen molar-refractivity contribution in [2.45, 2.75) is 30.9 Å². The van der Waals surface area contributed by atoms with Crippen molar-refractivity contribution in [3.05, 3.63) is 89.1 Å². The number of alkyl halides is 6. The second kappa shape index (κ2) is 11.2. The first-order valence-corrected chi connectivity index (χ1v) is 10.7. The molecule has 0 saturated carbocycles. The lowest BCUT2D eigenvalue weighted by Gasteiger charge is -2.22. The zero-order valence-electron chi connectivity index (χ0n) is 18.7.